The first-order valence-electron chi connectivity index (χ1n) is 4.70. The fourth-order valence-corrected chi connectivity index (χ4v) is 1.56. The van der Waals surface area contributed by atoms with E-state index in [1.165, 1.54) is 11.5 Å². The molecule has 1 aromatic carbocycles. The van der Waals surface area contributed by atoms with Crippen molar-refractivity contribution >= 4 is 16.6 Å². The van der Waals surface area contributed by atoms with Crippen molar-refractivity contribution in [3.63, 3.8) is 0 Å². The van der Waals surface area contributed by atoms with Gasteiger partial charge in [-0.3, -0.25) is 9.59 Å². The zero-order chi connectivity index (χ0) is 11.0. The van der Waals surface area contributed by atoms with E-state index in [1.807, 2.05) is 6.07 Å². The van der Waals surface area contributed by atoms with Gasteiger partial charge in [0.1, 0.15) is 0 Å². The fraction of sp³-hybridized carbons (Fsp3) is 0.167. The summed E-state index contributed by atoms with van der Waals surface area (Å²) in [4.78, 5) is 22.9. The average Bonchev–Trinajstić information content (AvgIpc) is 2.23. The Morgan fingerprint density at radius 1 is 1.27 bits per heavy atom. The third kappa shape index (κ3) is 1.56. The quantitative estimate of drug-likeness (QED) is 0.659. The van der Waals surface area contributed by atoms with Crippen LogP contribution in [0.1, 0.15) is 17.3 Å². The van der Waals surface area contributed by atoms with Crippen molar-refractivity contribution in [3.8, 4) is 0 Å². The van der Waals surface area contributed by atoms with Crippen molar-refractivity contribution in [1.29, 1.82) is 0 Å². The number of pyridine rings is 1. The maximum absolute atomic E-state index is 11.8. The van der Waals surface area contributed by atoms with Crippen LogP contribution in [0.25, 0.3) is 10.8 Å². The van der Waals surface area contributed by atoms with Crippen molar-refractivity contribution in [2.75, 3.05) is 0 Å². The molecule has 15 heavy (non-hydrogen) atoms. The van der Waals surface area contributed by atoms with Crippen LogP contribution < -0.4 is 5.56 Å². The predicted molar refractivity (Wildman–Crippen MR) is 59.2 cm³/mol. The van der Waals surface area contributed by atoms with Crippen LogP contribution in [0, 0.1) is 0 Å². The summed E-state index contributed by atoms with van der Waals surface area (Å²) in [5, 5.41) is 1.45. The number of aryl methyl sites for hydroxylation is 1. The van der Waals surface area contributed by atoms with Crippen molar-refractivity contribution in [2.24, 2.45) is 7.05 Å². The summed E-state index contributed by atoms with van der Waals surface area (Å²) < 4.78 is 1.51. The SMILES string of the molecule is CC(=O)c1ccc2ccn(C)c(=O)c2c1. The molecule has 0 aliphatic rings. The summed E-state index contributed by atoms with van der Waals surface area (Å²) >= 11 is 0. The molecule has 3 heteroatoms. The fourth-order valence-electron chi connectivity index (χ4n) is 1.56. The number of hydrogen-bond acceptors (Lipinski definition) is 2. The molecule has 76 valence electrons. The van der Waals surface area contributed by atoms with Crippen molar-refractivity contribution < 1.29 is 4.79 Å². The van der Waals surface area contributed by atoms with Gasteiger partial charge >= 0.3 is 0 Å². The summed E-state index contributed by atoms with van der Waals surface area (Å²) in [6.45, 7) is 1.49. The molecular weight excluding hydrogens is 190 g/mol. The molecular formula is C12H11NO2. The molecule has 0 unspecified atom stereocenters. The molecule has 0 bridgehead atoms. The average molecular weight is 201 g/mol. The standard InChI is InChI=1S/C12H11NO2/c1-8(14)10-4-3-9-5-6-13(2)12(15)11(9)7-10/h3-7H,1-2H3. The number of aromatic nitrogens is 1. The summed E-state index contributed by atoms with van der Waals surface area (Å²) in [6.07, 6.45) is 1.72. The largest absolute Gasteiger partial charge is 0.318 e. The summed E-state index contributed by atoms with van der Waals surface area (Å²) in [6, 6.07) is 7.05. The van der Waals surface area contributed by atoms with Crippen LogP contribution in [0.15, 0.2) is 35.3 Å². The number of carbonyl (C=O) groups excluding carboxylic acids is 1. The lowest BCUT2D eigenvalue weighted by Crippen LogP contribution is -2.15. The Labute approximate surface area is 87.0 Å². The van der Waals surface area contributed by atoms with Gasteiger partial charge in [-0.25, -0.2) is 0 Å². The van der Waals surface area contributed by atoms with E-state index < -0.39 is 0 Å². The lowest BCUT2D eigenvalue weighted by Gasteiger charge is -2.02. The van der Waals surface area contributed by atoms with Crippen LogP contribution in [-0.4, -0.2) is 10.4 Å². The van der Waals surface area contributed by atoms with E-state index in [4.69, 9.17) is 0 Å². The van der Waals surface area contributed by atoms with Gasteiger partial charge in [-0.1, -0.05) is 12.1 Å². The van der Waals surface area contributed by atoms with Crippen molar-refractivity contribution in [1.82, 2.24) is 4.57 Å². The number of hydrogen-bond donors (Lipinski definition) is 0. The normalized spacial score (nSPS) is 10.5. The number of benzene rings is 1. The number of rotatable bonds is 1. The lowest BCUT2D eigenvalue weighted by atomic mass is 10.1. The van der Waals surface area contributed by atoms with E-state index in [1.54, 1.807) is 31.4 Å². The van der Waals surface area contributed by atoms with Gasteiger partial charge in [-0.2, -0.15) is 0 Å². The monoisotopic (exact) mass is 201 g/mol. The second-order valence-corrected chi connectivity index (χ2v) is 3.59. The Morgan fingerprint density at radius 2 is 2.00 bits per heavy atom. The molecule has 0 radical (unpaired) electrons. The molecule has 0 saturated heterocycles. The third-order valence-corrected chi connectivity index (χ3v) is 2.49. The van der Waals surface area contributed by atoms with E-state index in [-0.39, 0.29) is 11.3 Å². The Morgan fingerprint density at radius 3 is 2.67 bits per heavy atom. The Kier molecular flexibility index (Phi) is 2.15. The number of carbonyl (C=O) groups is 1. The van der Waals surface area contributed by atoms with E-state index in [0.717, 1.165) is 5.39 Å². The maximum Gasteiger partial charge on any atom is 0.258 e. The lowest BCUT2D eigenvalue weighted by molar-refractivity contribution is 0.101. The predicted octanol–water partition coefficient (Wildman–Crippen LogP) is 1.74. The van der Waals surface area contributed by atoms with Crippen LogP contribution in [0.5, 0.6) is 0 Å². The molecule has 0 saturated carbocycles. The molecule has 1 heterocycles. The Hall–Kier alpha value is -1.90. The molecule has 2 aromatic rings. The van der Waals surface area contributed by atoms with E-state index in [2.05, 4.69) is 0 Å². The smallest absolute Gasteiger partial charge is 0.258 e. The third-order valence-electron chi connectivity index (χ3n) is 2.49. The van der Waals surface area contributed by atoms with E-state index in [9.17, 15) is 9.59 Å². The van der Waals surface area contributed by atoms with Gasteiger partial charge in [0.2, 0.25) is 0 Å². The second-order valence-electron chi connectivity index (χ2n) is 3.59. The number of ketones is 1. The van der Waals surface area contributed by atoms with Gasteiger partial charge in [0.25, 0.3) is 5.56 Å². The molecule has 0 spiro atoms. The number of nitrogens with zero attached hydrogens (tertiary/aromatic N) is 1. The first-order chi connectivity index (χ1) is 7.09. The van der Waals surface area contributed by atoms with Crippen molar-refractivity contribution in [2.45, 2.75) is 6.92 Å². The molecule has 2 rings (SSSR count). The van der Waals surface area contributed by atoms with Gasteiger partial charge in [0.05, 0.1) is 0 Å². The van der Waals surface area contributed by atoms with Crippen molar-refractivity contribution in [3.05, 3.63) is 46.4 Å². The molecule has 0 aliphatic heterocycles. The minimum Gasteiger partial charge on any atom is -0.318 e. The highest BCUT2D eigenvalue weighted by Gasteiger charge is 2.04. The number of Topliss-reactive ketones (excluding diaryl/α,β-unsaturated/α-hetero) is 1. The highest BCUT2D eigenvalue weighted by atomic mass is 16.1. The van der Waals surface area contributed by atoms with Gasteiger partial charge in [0, 0.05) is 24.2 Å². The van der Waals surface area contributed by atoms with E-state index in [0.29, 0.717) is 10.9 Å². The van der Waals surface area contributed by atoms with Gasteiger partial charge in [0.15, 0.2) is 5.78 Å². The summed E-state index contributed by atoms with van der Waals surface area (Å²) in [5.74, 6) is -0.0252. The van der Waals surface area contributed by atoms with Crippen LogP contribution >= 0.6 is 0 Å². The molecule has 3 nitrogen and oxygen atoms in total. The summed E-state index contributed by atoms with van der Waals surface area (Å²) in [7, 11) is 1.70. The minimum atomic E-state index is -0.0735. The Balaban J connectivity index is 2.85. The molecule has 1 aromatic heterocycles. The van der Waals surface area contributed by atoms with Crippen LogP contribution in [0.3, 0.4) is 0 Å². The molecule has 0 atom stereocenters. The van der Waals surface area contributed by atoms with Gasteiger partial charge in [-0.05, 0) is 24.4 Å². The second kappa shape index (κ2) is 3.35. The molecule has 0 aliphatic carbocycles. The summed E-state index contributed by atoms with van der Waals surface area (Å²) in [5.41, 5.74) is 0.501. The zero-order valence-corrected chi connectivity index (χ0v) is 8.65. The Bertz CT molecular complexity index is 596. The zero-order valence-electron chi connectivity index (χ0n) is 8.65. The minimum absolute atomic E-state index is 0.0252. The molecule has 0 fully saturated rings. The maximum atomic E-state index is 11.8. The first-order valence-corrected chi connectivity index (χ1v) is 4.70. The van der Waals surface area contributed by atoms with E-state index >= 15 is 0 Å². The van der Waals surface area contributed by atoms with Gasteiger partial charge in [-0.15, -0.1) is 0 Å². The molecule has 0 N–H and O–H groups in total. The highest BCUT2D eigenvalue weighted by molar-refractivity contribution is 5.98. The number of fused-ring (bicyclic) bond motifs is 1. The van der Waals surface area contributed by atoms with Gasteiger partial charge < -0.3 is 4.57 Å². The molecule has 0 amide bonds. The highest BCUT2D eigenvalue weighted by Crippen LogP contribution is 2.12. The first kappa shape index (κ1) is 9.65. The van der Waals surface area contributed by atoms with Crippen LogP contribution in [0.2, 0.25) is 0 Å². The topological polar surface area (TPSA) is 39.1 Å². The van der Waals surface area contributed by atoms with Crippen LogP contribution in [-0.2, 0) is 7.05 Å². The van der Waals surface area contributed by atoms with Crippen LogP contribution in [0.4, 0.5) is 0 Å².